The van der Waals surface area contributed by atoms with E-state index in [1.54, 1.807) is 0 Å². The van der Waals surface area contributed by atoms with E-state index in [4.69, 9.17) is 9.59 Å². The standard InChI is InChI=1S/2C3H10OSi.Cr/c2*1-5(2,3)4;/h2*4H,1-3H3;. The molecule has 0 bridgehead atoms. The van der Waals surface area contributed by atoms with Crippen LogP contribution in [0, 0.1) is 0 Å². The Morgan fingerprint density at radius 1 is 0.636 bits per heavy atom. The molecule has 2 N–H and O–H groups in total. The van der Waals surface area contributed by atoms with Gasteiger partial charge in [0.2, 0.25) is 0 Å². The van der Waals surface area contributed by atoms with Gasteiger partial charge < -0.3 is 9.59 Å². The normalized spacial score (nSPS) is 10.9. The van der Waals surface area contributed by atoms with Crippen LogP contribution in [0.15, 0.2) is 0 Å². The zero-order valence-electron chi connectivity index (χ0n) is 8.30. The van der Waals surface area contributed by atoms with E-state index in [-0.39, 0.29) is 17.4 Å². The zero-order valence-corrected chi connectivity index (χ0v) is 11.6. The molecule has 0 aliphatic heterocycles. The van der Waals surface area contributed by atoms with Gasteiger partial charge in [-0.1, -0.05) is 0 Å². The molecule has 0 fully saturated rings. The molecule has 0 aromatic carbocycles. The number of hydrogen-bond acceptors (Lipinski definition) is 2. The summed E-state index contributed by atoms with van der Waals surface area (Å²) < 4.78 is 0. The van der Waals surface area contributed by atoms with Crippen LogP contribution < -0.4 is 0 Å². The first-order valence-corrected chi connectivity index (χ1v) is 10.3. The van der Waals surface area contributed by atoms with E-state index in [1.165, 1.54) is 0 Å². The molecule has 0 aliphatic carbocycles. The van der Waals surface area contributed by atoms with Crippen LogP contribution in [0.5, 0.6) is 0 Å². The summed E-state index contributed by atoms with van der Waals surface area (Å²) in [5, 5.41) is 0. The largest absolute Gasteiger partial charge is 0.433 e. The van der Waals surface area contributed by atoms with Crippen molar-refractivity contribution in [3.63, 3.8) is 0 Å². The fourth-order valence-electron chi connectivity index (χ4n) is 0. The van der Waals surface area contributed by atoms with Crippen LogP contribution >= 0.6 is 0 Å². The maximum Gasteiger partial charge on any atom is 0.179 e. The van der Waals surface area contributed by atoms with Crippen molar-refractivity contribution < 1.29 is 27.0 Å². The van der Waals surface area contributed by atoms with Gasteiger partial charge in [-0.2, -0.15) is 0 Å². The molecule has 0 aliphatic rings. The van der Waals surface area contributed by atoms with Crippen LogP contribution in [0.4, 0.5) is 0 Å². The third-order valence-corrected chi connectivity index (χ3v) is 0. The van der Waals surface area contributed by atoms with Gasteiger partial charge in [-0.15, -0.1) is 0 Å². The fourth-order valence-corrected chi connectivity index (χ4v) is 0. The third kappa shape index (κ3) is 1090. The van der Waals surface area contributed by atoms with Crippen LogP contribution in [-0.4, -0.2) is 26.2 Å². The Balaban J connectivity index is -0.000000107. The summed E-state index contributed by atoms with van der Waals surface area (Å²) in [5.74, 6) is 0. The minimum atomic E-state index is -1.61. The molecule has 0 aromatic rings. The molecule has 0 atom stereocenters. The minimum Gasteiger partial charge on any atom is -0.433 e. The van der Waals surface area contributed by atoms with Crippen molar-refractivity contribution in [2.75, 3.05) is 0 Å². The van der Waals surface area contributed by atoms with E-state index < -0.39 is 16.6 Å². The molecule has 0 spiro atoms. The summed E-state index contributed by atoms with van der Waals surface area (Å²) in [7, 11) is -3.22. The Morgan fingerprint density at radius 3 is 0.636 bits per heavy atom. The van der Waals surface area contributed by atoms with Crippen molar-refractivity contribution >= 4 is 16.6 Å². The molecule has 70 valence electrons. The van der Waals surface area contributed by atoms with E-state index in [2.05, 4.69) is 0 Å². The van der Waals surface area contributed by atoms with Crippen LogP contribution in [0.2, 0.25) is 39.3 Å². The summed E-state index contributed by atoms with van der Waals surface area (Å²) in [6.07, 6.45) is 0. The summed E-state index contributed by atoms with van der Waals surface area (Å²) >= 11 is 0. The predicted molar refractivity (Wildman–Crippen MR) is 51.1 cm³/mol. The maximum atomic E-state index is 8.66. The molecule has 0 heterocycles. The first-order valence-electron chi connectivity index (χ1n) is 3.45. The van der Waals surface area contributed by atoms with Gasteiger partial charge in [-0.3, -0.25) is 0 Å². The smallest absolute Gasteiger partial charge is 0.179 e. The van der Waals surface area contributed by atoms with Gasteiger partial charge in [0.15, 0.2) is 16.6 Å². The molecule has 0 saturated carbocycles. The Labute approximate surface area is 83.0 Å². The quantitative estimate of drug-likeness (QED) is 0.623. The molecule has 0 unspecified atom stereocenters. The number of hydrogen-bond donors (Lipinski definition) is 2. The molecule has 0 rings (SSSR count). The first-order chi connectivity index (χ1) is 4.00. The molecule has 0 radical (unpaired) electrons. The van der Waals surface area contributed by atoms with Crippen molar-refractivity contribution in [3.05, 3.63) is 0 Å². The average molecular weight is 232 g/mol. The second-order valence-electron chi connectivity index (χ2n) is 4.34. The molecule has 0 saturated heterocycles. The molecular formula is C6H20CrO2Si2. The molecule has 11 heavy (non-hydrogen) atoms. The maximum absolute atomic E-state index is 8.66. The molecule has 2 nitrogen and oxygen atoms in total. The zero-order chi connectivity index (χ0) is 9.00. The van der Waals surface area contributed by atoms with E-state index in [0.29, 0.717) is 0 Å². The van der Waals surface area contributed by atoms with E-state index in [0.717, 1.165) is 0 Å². The topological polar surface area (TPSA) is 40.5 Å². The van der Waals surface area contributed by atoms with Crippen LogP contribution in [-0.2, 0) is 17.4 Å². The Morgan fingerprint density at radius 2 is 0.636 bits per heavy atom. The predicted octanol–water partition coefficient (Wildman–Crippen LogP) is 1.62. The summed E-state index contributed by atoms with van der Waals surface area (Å²) in [5.41, 5.74) is 0. The second kappa shape index (κ2) is 6.41. The van der Waals surface area contributed by atoms with Crippen molar-refractivity contribution in [2.24, 2.45) is 0 Å². The van der Waals surface area contributed by atoms with Crippen molar-refractivity contribution in [3.8, 4) is 0 Å². The van der Waals surface area contributed by atoms with Crippen molar-refractivity contribution in [1.82, 2.24) is 0 Å². The average Bonchev–Trinajstić information content (AvgIpc) is 1.12. The SMILES string of the molecule is C[Si](C)(C)O.C[Si](C)(C)O.[Cr]. The van der Waals surface area contributed by atoms with Crippen molar-refractivity contribution in [2.45, 2.75) is 39.3 Å². The molecule has 5 heteroatoms. The first kappa shape index (κ1) is 17.8. The summed E-state index contributed by atoms with van der Waals surface area (Å²) in [6.45, 7) is 11.3. The molecular weight excluding hydrogens is 212 g/mol. The van der Waals surface area contributed by atoms with Gasteiger partial charge in [0.05, 0.1) is 0 Å². The number of rotatable bonds is 0. The van der Waals surface area contributed by atoms with E-state index >= 15 is 0 Å². The van der Waals surface area contributed by atoms with Gasteiger partial charge in [0, 0.05) is 17.4 Å². The van der Waals surface area contributed by atoms with Gasteiger partial charge in [0.25, 0.3) is 0 Å². The second-order valence-corrected chi connectivity index (χ2v) is 13.0. The van der Waals surface area contributed by atoms with E-state index in [1.807, 2.05) is 39.3 Å². The summed E-state index contributed by atoms with van der Waals surface area (Å²) in [6, 6.07) is 0. The monoisotopic (exact) mass is 232 g/mol. The van der Waals surface area contributed by atoms with Gasteiger partial charge in [-0.25, -0.2) is 0 Å². The summed E-state index contributed by atoms with van der Waals surface area (Å²) in [4.78, 5) is 17.3. The van der Waals surface area contributed by atoms with Crippen LogP contribution in [0.1, 0.15) is 0 Å². The Hall–Kier alpha value is 0.886. The molecule has 0 aromatic heterocycles. The minimum absolute atomic E-state index is 0. The Bertz CT molecular complexity index is 61.6. The van der Waals surface area contributed by atoms with Crippen LogP contribution in [0.25, 0.3) is 0 Å². The molecule has 0 amide bonds. The van der Waals surface area contributed by atoms with E-state index in [9.17, 15) is 0 Å². The third-order valence-electron chi connectivity index (χ3n) is 0. The van der Waals surface area contributed by atoms with Crippen molar-refractivity contribution in [1.29, 1.82) is 0 Å². The van der Waals surface area contributed by atoms with Gasteiger partial charge in [-0.05, 0) is 39.3 Å². The van der Waals surface area contributed by atoms with Crippen LogP contribution in [0.3, 0.4) is 0 Å². The Kier molecular flexibility index (Phi) is 10.4. The van der Waals surface area contributed by atoms with Gasteiger partial charge >= 0.3 is 0 Å². The van der Waals surface area contributed by atoms with Gasteiger partial charge in [0.1, 0.15) is 0 Å². The fraction of sp³-hybridized carbons (Fsp3) is 1.00.